The molecule has 0 unspecified atom stereocenters. The second-order valence-corrected chi connectivity index (χ2v) is 5.64. The lowest BCUT2D eigenvalue weighted by atomic mass is 10.1. The van der Waals surface area contributed by atoms with Gasteiger partial charge in [0, 0.05) is 28.9 Å². The van der Waals surface area contributed by atoms with E-state index in [0.29, 0.717) is 10.7 Å². The fraction of sp³-hybridized carbons (Fsp3) is 0.118. The minimum absolute atomic E-state index is 0.140. The maximum absolute atomic E-state index is 12.2. The number of carbonyl (C=O) groups excluding carboxylic acids is 1. The zero-order valence-corrected chi connectivity index (χ0v) is 12.9. The van der Waals surface area contributed by atoms with Crippen LogP contribution in [0.5, 0.6) is 0 Å². The highest BCUT2D eigenvalue weighted by molar-refractivity contribution is 7.14. The largest absolute Gasteiger partial charge is 0.298 e. The van der Waals surface area contributed by atoms with Gasteiger partial charge in [-0.3, -0.25) is 15.1 Å². The summed E-state index contributed by atoms with van der Waals surface area (Å²) in [4.78, 5) is 20.6. The Kier molecular flexibility index (Phi) is 4.25. The smallest absolute Gasteiger partial charge is 0.257 e. The number of hydrogen-bond acceptors (Lipinski definition) is 4. The molecule has 3 rings (SSSR count). The predicted octanol–water partition coefficient (Wildman–Crippen LogP) is 4.02. The molecule has 0 aliphatic rings. The van der Waals surface area contributed by atoms with E-state index in [4.69, 9.17) is 0 Å². The first-order chi connectivity index (χ1) is 10.8. The number of aryl methyl sites for hydroxylation is 1. The summed E-state index contributed by atoms with van der Waals surface area (Å²) >= 11 is 1.41. The molecule has 0 spiro atoms. The van der Waals surface area contributed by atoms with Crippen LogP contribution in [0.2, 0.25) is 0 Å². The van der Waals surface area contributed by atoms with E-state index in [-0.39, 0.29) is 5.91 Å². The number of rotatable bonds is 4. The minimum Gasteiger partial charge on any atom is -0.298 e. The molecule has 0 saturated heterocycles. The Balaban J connectivity index is 1.73. The van der Waals surface area contributed by atoms with Crippen LogP contribution in [0.4, 0.5) is 5.13 Å². The van der Waals surface area contributed by atoms with Crippen LogP contribution in [-0.4, -0.2) is 15.9 Å². The second-order valence-electron chi connectivity index (χ2n) is 4.78. The summed E-state index contributed by atoms with van der Waals surface area (Å²) < 4.78 is 0. The van der Waals surface area contributed by atoms with Gasteiger partial charge in [-0.15, -0.1) is 11.3 Å². The van der Waals surface area contributed by atoms with Crippen molar-refractivity contribution in [3.05, 3.63) is 65.3 Å². The van der Waals surface area contributed by atoms with Crippen LogP contribution in [0.25, 0.3) is 11.3 Å². The lowest BCUT2D eigenvalue weighted by molar-refractivity contribution is 0.102. The third kappa shape index (κ3) is 3.20. The molecule has 2 aromatic heterocycles. The lowest BCUT2D eigenvalue weighted by Crippen LogP contribution is -2.11. The summed E-state index contributed by atoms with van der Waals surface area (Å²) in [6, 6.07) is 11.4. The van der Waals surface area contributed by atoms with Gasteiger partial charge in [0.05, 0.1) is 5.69 Å². The summed E-state index contributed by atoms with van der Waals surface area (Å²) in [5, 5.41) is 5.35. The molecule has 5 heteroatoms. The van der Waals surface area contributed by atoms with Crippen molar-refractivity contribution >= 4 is 22.4 Å². The van der Waals surface area contributed by atoms with E-state index in [1.165, 1.54) is 16.9 Å². The van der Waals surface area contributed by atoms with Gasteiger partial charge >= 0.3 is 0 Å². The number of nitrogens with one attached hydrogen (secondary N) is 1. The molecule has 22 heavy (non-hydrogen) atoms. The monoisotopic (exact) mass is 309 g/mol. The standard InChI is InChI=1S/C17H15N3OS/c1-2-12-3-5-14(6-4-12)16(21)20-17-19-15(11-22-17)13-7-9-18-10-8-13/h3-11H,2H2,1H3,(H,19,20,21). The Morgan fingerprint density at radius 1 is 1.14 bits per heavy atom. The van der Waals surface area contributed by atoms with Crippen molar-refractivity contribution in [2.24, 2.45) is 0 Å². The van der Waals surface area contributed by atoms with E-state index in [1.54, 1.807) is 12.4 Å². The highest BCUT2D eigenvalue weighted by Crippen LogP contribution is 2.24. The Morgan fingerprint density at radius 3 is 2.55 bits per heavy atom. The number of nitrogens with zero attached hydrogens (tertiary/aromatic N) is 2. The van der Waals surface area contributed by atoms with Crippen LogP contribution in [0.15, 0.2) is 54.2 Å². The van der Waals surface area contributed by atoms with Crippen LogP contribution >= 0.6 is 11.3 Å². The molecule has 4 nitrogen and oxygen atoms in total. The Morgan fingerprint density at radius 2 is 1.86 bits per heavy atom. The van der Waals surface area contributed by atoms with E-state index >= 15 is 0 Å². The molecule has 0 atom stereocenters. The molecule has 3 aromatic rings. The quantitative estimate of drug-likeness (QED) is 0.792. The number of pyridine rings is 1. The Bertz CT molecular complexity index is 766. The van der Waals surface area contributed by atoms with Crippen LogP contribution < -0.4 is 5.32 Å². The average Bonchev–Trinajstić information content (AvgIpc) is 3.04. The molecule has 0 aliphatic heterocycles. The Labute approximate surface area is 132 Å². The van der Waals surface area contributed by atoms with E-state index < -0.39 is 0 Å². The number of amides is 1. The molecular formula is C17H15N3OS. The van der Waals surface area contributed by atoms with Gasteiger partial charge in [-0.05, 0) is 36.2 Å². The van der Waals surface area contributed by atoms with Crippen molar-refractivity contribution in [2.45, 2.75) is 13.3 Å². The number of anilines is 1. The topological polar surface area (TPSA) is 54.9 Å². The zero-order valence-electron chi connectivity index (χ0n) is 12.1. The first kappa shape index (κ1) is 14.4. The molecule has 0 radical (unpaired) electrons. The highest BCUT2D eigenvalue weighted by atomic mass is 32.1. The predicted molar refractivity (Wildman–Crippen MR) is 89.1 cm³/mol. The van der Waals surface area contributed by atoms with Crippen molar-refractivity contribution in [3.63, 3.8) is 0 Å². The van der Waals surface area contributed by atoms with Gasteiger partial charge in [0.1, 0.15) is 0 Å². The van der Waals surface area contributed by atoms with Crippen molar-refractivity contribution in [1.29, 1.82) is 0 Å². The van der Waals surface area contributed by atoms with E-state index in [9.17, 15) is 4.79 Å². The first-order valence-corrected chi connectivity index (χ1v) is 7.90. The average molecular weight is 309 g/mol. The lowest BCUT2D eigenvalue weighted by Gasteiger charge is -2.03. The maximum Gasteiger partial charge on any atom is 0.257 e. The molecule has 0 fully saturated rings. The molecular weight excluding hydrogens is 294 g/mol. The molecule has 1 aromatic carbocycles. The summed E-state index contributed by atoms with van der Waals surface area (Å²) in [6.45, 7) is 2.09. The summed E-state index contributed by atoms with van der Waals surface area (Å²) in [5.74, 6) is -0.140. The van der Waals surface area contributed by atoms with Gasteiger partial charge in [0.25, 0.3) is 5.91 Å². The fourth-order valence-electron chi connectivity index (χ4n) is 2.05. The molecule has 110 valence electrons. The van der Waals surface area contributed by atoms with Crippen molar-refractivity contribution in [1.82, 2.24) is 9.97 Å². The highest BCUT2D eigenvalue weighted by Gasteiger charge is 2.09. The van der Waals surface area contributed by atoms with E-state index in [2.05, 4.69) is 22.2 Å². The summed E-state index contributed by atoms with van der Waals surface area (Å²) in [6.07, 6.45) is 4.41. The molecule has 0 bridgehead atoms. The number of carbonyl (C=O) groups is 1. The number of hydrogen-bond donors (Lipinski definition) is 1. The normalized spacial score (nSPS) is 10.4. The molecule has 0 saturated carbocycles. The van der Waals surface area contributed by atoms with Crippen LogP contribution in [0, 0.1) is 0 Å². The summed E-state index contributed by atoms with van der Waals surface area (Å²) in [5.41, 5.74) is 3.67. The SMILES string of the molecule is CCc1ccc(C(=O)Nc2nc(-c3ccncc3)cs2)cc1. The zero-order chi connectivity index (χ0) is 15.4. The van der Waals surface area contributed by atoms with Gasteiger partial charge in [-0.25, -0.2) is 4.98 Å². The van der Waals surface area contributed by atoms with E-state index in [0.717, 1.165) is 17.7 Å². The number of aromatic nitrogens is 2. The van der Waals surface area contributed by atoms with Crippen molar-refractivity contribution in [2.75, 3.05) is 5.32 Å². The number of thiazole rings is 1. The third-order valence-electron chi connectivity index (χ3n) is 3.33. The van der Waals surface area contributed by atoms with Gasteiger partial charge in [0.15, 0.2) is 5.13 Å². The van der Waals surface area contributed by atoms with Crippen molar-refractivity contribution in [3.8, 4) is 11.3 Å². The van der Waals surface area contributed by atoms with Gasteiger partial charge in [-0.2, -0.15) is 0 Å². The van der Waals surface area contributed by atoms with Crippen LogP contribution in [-0.2, 0) is 6.42 Å². The first-order valence-electron chi connectivity index (χ1n) is 7.02. The van der Waals surface area contributed by atoms with Crippen LogP contribution in [0.3, 0.4) is 0 Å². The molecule has 2 heterocycles. The van der Waals surface area contributed by atoms with Crippen LogP contribution in [0.1, 0.15) is 22.8 Å². The van der Waals surface area contributed by atoms with Crippen molar-refractivity contribution < 1.29 is 4.79 Å². The number of benzene rings is 1. The minimum atomic E-state index is -0.140. The molecule has 1 amide bonds. The Hall–Kier alpha value is -2.53. The second kappa shape index (κ2) is 6.49. The van der Waals surface area contributed by atoms with Gasteiger partial charge in [0.2, 0.25) is 0 Å². The fourth-order valence-corrected chi connectivity index (χ4v) is 2.76. The van der Waals surface area contributed by atoms with Gasteiger partial charge < -0.3 is 0 Å². The maximum atomic E-state index is 12.2. The third-order valence-corrected chi connectivity index (χ3v) is 4.08. The van der Waals surface area contributed by atoms with E-state index in [1.807, 2.05) is 41.8 Å². The summed E-state index contributed by atoms with van der Waals surface area (Å²) in [7, 11) is 0. The molecule has 1 N–H and O–H groups in total. The molecule has 0 aliphatic carbocycles. The van der Waals surface area contributed by atoms with Gasteiger partial charge in [-0.1, -0.05) is 19.1 Å².